The van der Waals surface area contributed by atoms with Crippen LogP contribution >= 0.6 is 0 Å². The van der Waals surface area contributed by atoms with E-state index in [0.717, 1.165) is 0 Å². The topological polar surface area (TPSA) is 238 Å². The van der Waals surface area contributed by atoms with E-state index in [1.54, 1.807) is 145 Å². The Hall–Kier alpha value is -8.35. The van der Waals surface area contributed by atoms with Crippen LogP contribution in [0.2, 0.25) is 0 Å². The largest absolute Gasteiger partial charge is 0.497 e. The molecule has 0 aromatic heterocycles. The summed E-state index contributed by atoms with van der Waals surface area (Å²) in [4.78, 5) is 58.6. The van der Waals surface area contributed by atoms with E-state index in [2.05, 4.69) is 40.5 Å². The molecule has 92 heavy (non-hydrogen) atoms. The van der Waals surface area contributed by atoms with Gasteiger partial charge in [-0.1, -0.05) is 41.6 Å². The molecule has 0 bridgehead atoms. The Morgan fingerprint density at radius 3 is 0.957 bits per heavy atom. The first-order valence-electron chi connectivity index (χ1n) is 29.7. The molecule has 0 fully saturated rings. The van der Waals surface area contributed by atoms with Gasteiger partial charge in [0.1, 0.15) is 32.2 Å². The highest BCUT2D eigenvalue weighted by Gasteiger charge is 2.15. The number of nitrogens with zero attached hydrogens (tertiary/aromatic N) is 1. The van der Waals surface area contributed by atoms with E-state index < -0.39 is 23.9 Å². The van der Waals surface area contributed by atoms with E-state index >= 15 is 0 Å². The van der Waals surface area contributed by atoms with Crippen molar-refractivity contribution in [2.24, 2.45) is 4.99 Å². The Morgan fingerprint density at radius 1 is 0.315 bits per heavy atom. The average molecular weight is 1270 g/mol. The summed E-state index contributed by atoms with van der Waals surface area (Å²) in [7, 11) is 7.93. The normalized spacial score (nSPS) is 10.8. The van der Waals surface area contributed by atoms with Crippen LogP contribution in [0.25, 0.3) is 0 Å². The second-order valence-electron chi connectivity index (χ2n) is 19.1. The van der Waals surface area contributed by atoms with Crippen molar-refractivity contribution in [1.29, 1.82) is 0 Å². The van der Waals surface area contributed by atoms with Gasteiger partial charge in [0, 0.05) is 68.0 Å². The quantitative estimate of drug-likeness (QED) is 0.0126. The maximum absolute atomic E-state index is 13.8. The molecule has 0 unspecified atom stereocenters. The van der Waals surface area contributed by atoms with Crippen molar-refractivity contribution in [3.05, 3.63) is 164 Å². The fraction of sp³-hybridized carbons (Fsp3) is 0.414. The summed E-state index contributed by atoms with van der Waals surface area (Å²) in [6, 6.07) is 28.4. The number of rotatable bonds is 43. The van der Waals surface area contributed by atoms with Gasteiger partial charge in [-0.3, -0.25) is 4.99 Å². The molecule has 0 aliphatic carbocycles. The van der Waals surface area contributed by atoms with Crippen molar-refractivity contribution >= 4 is 35.8 Å². The highest BCUT2D eigenvalue weighted by atomic mass is 16.6. The van der Waals surface area contributed by atoms with Crippen LogP contribution in [0.1, 0.15) is 80.4 Å². The van der Waals surface area contributed by atoms with Crippen LogP contribution in [-0.4, -0.2) is 224 Å². The molecule has 0 saturated carbocycles. The zero-order valence-electron chi connectivity index (χ0n) is 52.9. The first-order valence-corrected chi connectivity index (χ1v) is 29.7. The van der Waals surface area contributed by atoms with E-state index in [1.165, 1.54) is 0 Å². The van der Waals surface area contributed by atoms with Gasteiger partial charge in [0.2, 0.25) is 0 Å². The van der Waals surface area contributed by atoms with E-state index in [9.17, 15) is 19.2 Å². The summed E-state index contributed by atoms with van der Waals surface area (Å²) in [6.07, 6.45) is 1.60. The van der Waals surface area contributed by atoms with Crippen molar-refractivity contribution in [3.8, 4) is 41.3 Å². The van der Waals surface area contributed by atoms with Crippen molar-refractivity contribution in [3.63, 3.8) is 0 Å². The average Bonchev–Trinajstić information content (AvgIpc) is 0.960. The molecule has 492 valence electrons. The number of aliphatic imine (C=N–C) groups is 1. The van der Waals surface area contributed by atoms with Gasteiger partial charge < -0.3 is 80.5 Å². The van der Waals surface area contributed by atoms with Crippen LogP contribution in [0.3, 0.4) is 0 Å². The lowest BCUT2D eigenvalue weighted by atomic mass is 10.0. The summed E-state index contributed by atoms with van der Waals surface area (Å²) >= 11 is 0. The zero-order chi connectivity index (χ0) is 65.5. The molecular weight excluding hydrogens is 1190 g/mol. The second kappa shape index (κ2) is 46.7. The van der Waals surface area contributed by atoms with Gasteiger partial charge in [0.15, 0.2) is 0 Å². The summed E-state index contributed by atoms with van der Waals surface area (Å²) in [5.41, 5.74) is 4.32. The van der Waals surface area contributed by atoms with Crippen molar-refractivity contribution in [2.75, 3.05) is 194 Å². The summed E-state index contributed by atoms with van der Waals surface area (Å²) < 4.78 is 91.5. The second-order valence-corrected chi connectivity index (χ2v) is 19.1. The Morgan fingerprint density at radius 2 is 0.609 bits per heavy atom. The van der Waals surface area contributed by atoms with E-state index in [0.29, 0.717) is 143 Å². The number of ether oxygens (including phenoxy) is 17. The van der Waals surface area contributed by atoms with Crippen LogP contribution in [0.5, 0.6) is 5.75 Å². The lowest BCUT2D eigenvalue weighted by Gasteiger charge is -2.08. The predicted octanol–water partition coefficient (Wildman–Crippen LogP) is 6.99. The molecule has 0 atom stereocenters. The number of carbonyl (C=O) groups excluding carboxylic acids is 4. The third kappa shape index (κ3) is 31.6. The van der Waals surface area contributed by atoms with E-state index in [-0.39, 0.29) is 88.3 Å². The first kappa shape index (κ1) is 74.4. The van der Waals surface area contributed by atoms with Gasteiger partial charge in [-0.15, -0.1) is 0 Å². The van der Waals surface area contributed by atoms with Crippen LogP contribution in [-0.2, 0) is 75.8 Å². The minimum atomic E-state index is -0.673. The SMILES string of the molecule is COCCOCCOCCOC(=O)c1cccc(C#Cc2cc(C#Cc3cc(C#Cc4cc(C=Nc5ccc(OC)cc5)cc(C(=O)OCCOCCOCCOC)c4)cc(C(=O)OCCOCCOCCOC)c3)cc(C(=O)OCCOCCOCCOC)c2)c1. The number of carbonyl (C=O) groups is 4. The molecule has 0 heterocycles. The summed E-state index contributed by atoms with van der Waals surface area (Å²) in [5, 5.41) is 0. The van der Waals surface area contributed by atoms with Gasteiger partial charge in [-0.05, 0) is 103 Å². The lowest BCUT2D eigenvalue weighted by molar-refractivity contribution is 0.00552. The summed E-state index contributed by atoms with van der Waals surface area (Å²) in [6.45, 7) is 6.64. The molecule has 0 saturated heterocycles. The predicted molar refractivity (Wildman–Crippen MR) is 339 cm³/mol. The number of hydrogen-bond donors (Lipinski definition) is 0. The molecule has 5 aromatic rings. The summed E-state index contributed by atoms with van der Waals surface area (Å²) in [5.74, 6) is 16.9. The number of methoxy groups -OCH3 is 5. The Bertz CT molecular complexity index is 3240. The Kier molecular flexibility index (Phi) is 37.7. The minimum Gasteiger partial charge on any atom is -0.497 e. The van der Waals surface area contributed by atoms with Crippen LogP contribution in [0.15, 0.2) is 108 Å². The number of benzene rings is 5. The van der Waals surface area contributed by atoms with Crippen LogP contribution in [0, 0.1) is 35.5 Å². The third-order valence-corrected chi connectivity index (χ3v) is 12.2. The van der Waals surface area contributed by atoms with Gasteiger partial charge in [-0.2, -0.15) is 0 Å². The van der Waals surface area contributed by atoms with Crippen molar-refractivity contribution in [2.45, 2.75) is 0 Å². The highest BCUT2D eigenvalue weighted by molar-refractivity contribution is 5.94. The number of esters is 4. The first-order chi connectivity index (χ1) is 45.1. The van der Waals surface area contributed by atoms with Crippen molar-refractivity contribution < 1.29 is 99.7 Å². The molecule has 22 nitrogen and oxygen atoms in total. The molecule has 0 aliphatic heterocycles. The molecular formula is C70H81NO21. The highest BCUT2D eigenvalue weighted by Crippen LogP contribution is 2.20. The fourth-order valence-corrected chi connectivity index (χ4v) is 7.63. The van der Waals surface area contributed by atoms with Gasteiger partial charge in [0.05, 0.1) is 167 Å². The van der Waals surface area contributed by atoms with Gasteiger partial charge in [0.25, 0.3) is 0 Å². The van der Waals surface area contributed by atoms with Crippen LogP contribution < -0.4 is 4.74 Å². The smallest absolute Gasteiger partial charge is 0.338 e. The van der Waals surface area contributed by atoms with Crippen LogP contribution in [0.4, 0.5) is 5.69 Å². The Balaban J connectivity index is 1.46. The van der Waals surface area contributed by atoms with Gasteiger partial charge in [-0.25, -0.2) is 19.2 Å². The fourth-order valence-electron chi connectivity index (χ4n) is 7.63. The standard InChI is InChI=1S/C70H81NO21/c1-76-19-23-81-27-31-85-35-39-89-67(72)61-8-6-7-54(46-61)9-10-55-43-56(48-62(47-55)68(73)90-40-36-86-32-28-82-24-20-77-2)11-12-57-44-58(50-63(49-57)69(74)91-41-37-87-33-29-83-25-21-78-3)13-14-59-45-60(53-71-65-15-17-66(80-5)18-16-65)52-64(51-59)70(75)92-42-38-88-34-30-84-26-22-79-4/h6-8,15-18,43-53H,19-42H2,1-5H3. The molecule has 0 N–H and O–H groups in total. The van der Waals surface area contributed by atoms with E-state index in [1.807, 2.05) is 0 Å². The maximum Gasteiger partial charge on any atom is 0.338 e. The molecule has 0 radical (unpaired) electrons. The monoisotopic (exact) mass is 1270 g/mol. The third-order valence-electron chi connectivity index (χ3n) is 12.2. The minimum absolute atomic E-state index is 0.0180. The zero-order valence-corrected chi connectivity index (χ0v) is 52.9. The van der Waals surface area contributed by atoms with E-state index in [4.69, 9.17) is 80.5 Å². The van der Waals surface area contributed by atoms with Crippen molar-refractivity contribution in [1.82, 2.24) is 0 Å². The number of hydrogen-bond acceptors (Lipinski definition) is 22. The molecule has 0 aliphatic rings. The van der Waals surface area contributed by atoms with Gasteiger partial charge >= 0.3 is 23.9 Å². The maximum atomic E-state index is 13.8. The molecule has 0 amide bonds. The molecule has 5 rings (SSSR count). The molecule has 5 aromatic carbocycles. The lowest BCUT2D eigenvalue weighted by Crippen LogP contribution is -2.14. The Labute approximate surface area is 538 Å². The molecule has 0 spiro atoms. The molecule has 22 heteroatoms.